The number of nitrogens with zero attached hydrogens (tertiary/aromatic N) is 2. The van der Waals surface area contributed by atoms with Gasteiger partial charge in [-0.2, -0.15) is 5.26 Å². The molecular formula is C18H28N3P. The summed E-state index contributed by atoms with van der Waals surface area (Å²) in [6.45, 7) is 13.7. The summed E-state index contributed by atoms with van der Waals surface area (Å²) < 4.78 is 0. The van der Waals surface area contributed by atoms with E-state index in [4.69, 9.17) is 5.26 Å². The fraction of sp³-hybridized carbons (Fsp3) is 0.500. The van der Waals surface area contributed by atoms with Gasteiger partial charge in [0, 0.05) is 29.6 Å². The fourth-order valence-corrected chi connectivity index (χ4v) is 5.68. The van der Waals surface area contributed by atoms with E-state index in [0.717, 1.165) is 11.4 Å². The molecule has 22 heavy (non-hydrogen) atoms. The van der Waals surface area contributed by atoms with Gasteiger partial charge in [0.15, 0.2) is 0 Å². The summed E-state index contributed by atoms with van der Waals surface area (Å²) >= 11 is 0. The monoisotopic (exact) mass is 317 g/mol. The van der Waals surface area contributed by atoms with Gasteiger partial charge in [0.2, 0.25) is 0 Å². The molecule has 0 atom stereocenters. The predicted molar refractivity (Wildman–Crippen MR) is 99.6 cm³/mol. The molecule has 3 nitrogen and oxygen atoms in total. The van der Waals surface area contributed by atoms with Gasteiger partial charge in [-0.3, -0.25) is 0 Å². The third kappa shape index (κ3) is 5.04. The number of benzene rings is 1. The first-order valence-corrected chi connectivity index (χ1v) is 8.86. The summed E-state index contributed by atoms with van der Waals surface area (Å²) in [5.74, 6) is 0. The lowest BCUT2D eigenvalue weighted by atomic mass is 10.2. The van der Waals surface area contributed by atoms with E-state index >= 15 is 0 Å². The Morgan fingerprint density at radius 2 is 1.64 bits per heavy atom. The normalized spacial score (nSPS) is 12.5. The molecule has 0 aliphatic carbocycles. The van der Waals surface area contributed by atoms with Crippen LogP contribution in [0.2, 0.25) is 0 Å². The molecule has 4 heteroatoms. The van der Waals surface area contributed by atoms with Crippen LogP contribution in [0.1, 0.15) is 41.5 Å². The van der Waals surface area contributed by atoms with E-state index in [-0.39, 0.29) is 10.3 Å². The van der Waals surface area contributed by atoms with Crippen molar-refractivity contribution in [2.24, 2.45) is 0 Å². The minimum atomic E-state index is -0.439. The first-order valence-electron chi connectivity index (χ1n) is 7.52. The molecule has 0 amide bonds. The lowest BCUT2D eigenvalue weighted by Crippen LogP contribution is -2.29. The summed E-state index contributed by atoms with van der Waals surface area (Å²) in [6.07, 6.45) is 3.28. The van der Waals surface area contributed by atoms with Crippen LogP contribution in [0.5, 0.6) is 0 Å². The van der Waals surface area contributed by atoms with Gasteiger partial charge in [0.1, 0.15) is 0 Å². The van der Waals surface area contributed by atoms with Gasteiger partial charge in [-0.05, 0) is 20.2 Å². The largest absolute Gasteiger partial charge is 0.361 e. The second kappa shape index (κ2) is 7.16. The lowest BCUT2D eigenvalue weighted by molar-refractivity contribution is 0.710. The minimum Gasteiger partial charge on any atom is -0.361 e. The minimum absolute atomic E-state index is 0.196. The summed E-state index contributed by atoms with van der Waals surface area (Å²) in [6, 6.07) is 10.3. The van der Waals surface area contributed by atoms with Crippen molar-refractivity contribution in [3.05, 3.63) is 36.5 Å². The van der Waals surface area contributed by atoms with Crippen molar-refractivity contribution in [3.8, 4) is 6.07 Å². The number of nitrogens with one attached hydrogen (secondary N) is 1. The van der Waals surface area contributed by atoms with Crippen molar-refractivity contribution in [2.45, 2.75) is 51.9 Å². The molecule has 0 aliphatic rings. The molecule has 0 aliphatic heterocycles. The fourth-order valence-electron chi connectivity index (χ4n) is 2.56. The van der Waals surface area contributed by atoms with Crippen molar-refractivity contribution in [1.29, 1.82) is 5.26 Å². The molecule has 1 N–H and O–H groups in total. The Morgan fingerprint density at radius 1 is 1.09 bits per heavy atom. The highest BCUT2D eigenvalue weighted by molar-refractivity contribution is 7.62. The maximum atomic E-state index is 8.71. The number of nitriles is 1. The summed E-state index contributed by atoms with van der Waals surface area (Å²) in [5.41, 5.74) is 2.19. The molecule has 1 aromatic carbocycles. The maximum absolute atomic E-state index is 8.71. The molecule has 0 unspecified atom stereocenters. The van der Waals surface area contributed by atoms with Crippen LogP contribution in [-0.2, 0) is 0 Å². The second-order valence-corrected chi connectivity index (χ2v) is 10.9. The van der Waals surface area contributed by atoms with E-state index in [1.165, 1.54) is 6.08 Å². The van der Waals surface area contributed by atoms with Crippen molar-refractivity contribution < 1.29 is 0 Å². The van der Waals surface area contributed by atoms with Crippen molar-refractivity contribution in [1.82, 2.24) is 0 Å². The summed E-state index contributed by atoms with van der Waals surface area (Å²) in [7, 11) is 1.52. The van der Waals surface area contributed by atoms with Gasteiger partial charge in [-0.1, -0.05) is 53.7 Å². The topological polar surface area (TPSA) is 39.1 Å². The zero-order valence-corrected chi connectivity index (χ0v) is 15.7. The SMILES string of the molecule is CN(/C=C/C#N)c1ccccc1NP(C(C)(C)C)C(C)(C)C. The van der Waals surface area contributed by atoms with Crippen molar-refractivity contribution in [3.63, 3.8) is 0 Å². The zero-order valence-electron chi connectivity index (χ0n) is 14.8. The standard InChI is InChI=1S/C18H28N3P/c1-17(2,3)22(18(4,5)6)20-15-11-8-9-12-16(15)21(7)14-10-13-19/h8-12,14,20H,1-7H3/b14-10+. The Morgan fingerprint density at radius 3 is 2.14 bits per heavy atom. The maximum Gasteiger partial charge on any atom is 0.0927 e. The third-order valence-electron chi connectivity index (χ3n) is 3.23. The highest BCUT2D eigenvalue weighted by atomic mass is 31.1. The Hall–Kier alpha value is -1.52. The van der Waals surface area contributed by atoms with Gasteiger partial charge in [0.25, 0.3) is 0 Å². The smallest absolute Gasteiger partial charge is 0.0927 e. The lowest BCUT2D eigenvalue weighted by Gasteiger charge is -2.42. The Bertz CT molecular complexity index is 545. The quantitative estimate of drug-likeness (QED) is 0.583. The van der Waals surface area contributed by atoms with E-state index in [2.05, 4.69) is 58.8 Å². The summed E-state index contributed by atoms with van der Waals surface area (Å²) in [4.78, 5) is 1.98. The van der Waals surface area contributed by atoms with Crippen LogP contribution in [0.4, 0.5) is 11.4 Å². The molecule has 1 aromatic rings. The molecule has 120 valence electrons. The van der Waals surface area contributed by atoms with E-state index in [0.29, 0.717) is 0 Å². The molecule has 0 fully saturated rings. The molecule has 0 heterocycles. The van der Waals surface area contributed by atoms with E-state index in [1.807, 2.05) is 30.1 Å². The van der Waals surface area contributed by atoms with Crippen LogP contribution < -0.4 is 9.99 Å². The first kappa shape index (κ1) is 18.5. The molecule has 0 bridgehead atoms. The molecule has 0 saturated carbocycles. The molecule has 1 rings (SSSR count). The summed E-state index contributed by atoms with van der Waals surface area (Å²) in [5, 5.41) is 12.9. The van der Waals surface area contributed by atoms with E-state index < -0.39 is 8.07 Å². The molecule has 0 aromatic heterocycles. The van der Waals surface area contributed by atoms with Gasteiger partial charge >= 0.3 is 0 Å². The van der Waals surface area contributed by atoms with Crippen LogP contribution in [0.3, 0.4) is 0 Å². The number of rotatable bonds is 4. The van der Waals surface area contributed by atoms with Gasteiger partial charge < -0.3 is 9.99 Å². The van der Waals surface area contributed by atoms with Crippen LogP contribution in [0.15, 0.2) is 36.5 Å². The average Bonchev–Trinajstić information content (AvgIpc) is 2.40. The second-order valence-electron chi connectivity index (χ2n) is 7.36. The Labute approximate surface area is 136 Å². The van der Waals surface area contributed by atoms with Gasteiger partial charge in [0.05, 0.1) is 17.4 Å². The van der Waals surface area contributed by atoms with Crippen LogP contribution in [0, 0.1) is 11.3 Å². The number of anilines is 2. The highest BCUT2D eigenvalue weighted by Crippen LogP contribution is 2.59. The third-order valence-corrected chi connectivity index (χ3v) is 6.38. The number of para-hydroxylation sites is 2. The van der Waals surface area contributed by atoms with Crippen molar-refractivity contribution >= 4 is 19.4 Å². The molecule has 0 saturated heterocycles. The molecular weight excluding hydrogens is 289 g/mol. The Balaban J connectivity index is 3.17. The number of allylic oxidation sites excluding steroid dienone is 1. The molecule has 0 spiro atoms. The zero-order chi connectivity index (χ0) is 17.0. The number of hydrogen-bond acceptors (Lipinski definition) is 3. The van der Waals surface area contributed by atoms with Crippen LogP contribution >= 0.6 is 8.07 Å². The van der Waals surface area contributed by atoms with E-state index in [9.17, 15) is 0 Å². The molecule has 0 radical (unpaired) electrons. The number of hydrogen-bond donors (Lipinski definition) is 1. The Kier molecular flexibility index (Phi) is 6.03. The predicted octanol–water partition coefficient (Wildman–Crippen LogP) is 5.57. The van der Waals surface area contributed by atoms with Crippen LogP contribution in [-0.4, -0.2) is 17.4 Å². The van der Waals surface area contributed by atoms with E-state index in [1.54, 1.807) is 6.20 Å². The van der Waals surface area contributed by atoms with Gasteiger partial charge in [-0.25, -0.2) is 0 Å². The van der Waals surface area contributed by atoms with Crippen LogP contribution in [0.25, 0.3) is 0 Å². The van der Waals surface area contributed by atoms with Crippen molar-refractivity contribution in [2.75, 3.05) is 17.0 Å². The van der Waals surface area contributed by atoms with Gasteiger partial charge in [-0.15, -0.1) is 0 Å². The highest BCUT2D eigenvalue weighted by Gasteiger charge is 2.35. The average molecular weight is 317 g/mol. The first-order chi connectivity index (χ1) is 10.1.